The summed E-state index contributed by atoms with van der Waals surface area (Å²) in [6, 6.07) is 4.59. The third-order valence-electron chi connectivity index (χ3n) is 7.01. The number of aromatic nitrogens is 2. The van der Waals surface area contributed by atoms with Gasteiger partial charge in [-0.25, -0.2) is 9.07 Å². The number of hydrogen-bond acceptors (Lipinski definition) is 8. The van der Waals surface area contributed by atoms with Crippen molar-refractivity contribution < 1.29 is 41.4 Å². The molecule has 2 bridgehead atoms. The van der Waals surface area contributed by atoms with Crippen molar-refractivity contribution in [2.45, 2.75) is 62.0 Å². The molecule has 1 atom stereocenters. The van der Waals surface area contributed by atoms with E-state index in [0.29, 0.717) is 32.0 Å². The Bertz CT molecular complexity index is 1340. The third kappa shape index (κ3) is 6.97. The predicted octanol–water partition coefficient (Wildman–Crippen LogP) is 2.35. The number of Topliss-reactive ketones (excluding diaryl/α,β-unsaturated/α-hetero) is 1. The number of alkyl halides is 3. The van der Waals surface area contributed by atoms with Crippen LogP contribution in [0.15, 0.2) is 35.3 Å². The molecule has 3 fully saturated rings. The number of halogens is 5. The number of benzene rings is 1. The van der Waals surface area contributed by atoms with Gasteiger partial charge in [0.05, 0.1) is 16.8 Å². The fourth-order valence-electron chi connectivity index (χ4n) is 4.94. The standard InChI is InChI=1S/C25H25ClF4N4O6/c26-18-2-1-15(7-19(18)27)39-13-21(37)33-23-3-5-24(6-4-23,20(36)9-23)31-10-17(12-35)40-16-8-22(38)34(32-11-16)14-25(28,29)30/h1-2,7-8,11-12,17,31H,3-6,9-10,13-14H2,(H,33,37). The molecule has 216 valence electrons. The fourth-order valence-corrected chi connectivity index (χ4v) is 5.06. The number of hydrogen-bond donors (Lipinski definition) is 2. The van der Waals surface area contributed by atoms with Crippen molar-refractivity contribution in [3.8, 4) is 11.5 Å². The summed E-state index contributed by atoms with van der Waals surface area (Å²) < 4.78 is 62.1. The first kappa shape index (κ1) is 29.5. The summed E-state index contributed by atoms with van der Waals surface area (Å²) in [4.78, 5) is 49.1. The molecule has 1 aromatic carbocycles. The first-order valence-corrected chi connectivity index (χ1v) is 12.6. The summed E-state index contributed by atoms with van der Waals surface area (Å²) >= 11 is 5.63. The van der Waals surface area contributed by atoms with Crippen molar-refractivity contribution in [2.24, 2.45) is 0 Å². The van der Waals surface area contributed by atoms with E-state index in [1.54, 1.807) is 0 Å². The Morgan fingerprint density at radius 1 is 1.18 bits per heavy atom. The van der Waals surface area contributed by atoms with Crippen molar-refractivity contribution >= 4 is 29.6 Å². The second kappa shape index (κ2) is 11.5. The molecular formula is C25H25ClF4N4O6. The van der Waals surface area contributed by atoms with Crippen LogP contribution in [0.25, 0.3) is 0 Å². The Morgan fingerprint density at radius 3 is 2.50 bits per heavy atom. The summed E-state index contributed by atoms with van der Waals surface area (Å²) in [7, 11) is 0. The molecule has 1 amide bonds. The molecular weight excluding hydrogens is 564 g/mol. The van der Waals surface area contributed by atoms with E-state index in [1.807, 2.05) is 0 Å². The van der Waals surface area contributed by atoms with Gasteiger partial charge in [-0.05, 0) is 37.8 Å². The Balaban J connectivity index is 1.29. The minimum absolute atomic E-state index is 0.0509. The van der Waals surface area contributed by atoms with Crippen molar-refractivity contribution in [3.05, 3.63) is 51.7 Å². The zero-order chi connectivity index (χ0) is 29.1. The molecule has 0 spiro atoms. The van der Waals surface area contributed by atoms with E-state index in [4.69, 9.17) is 21.1 Å². The lowest BCUT2D eigenvalue weighted by Crippen LogP contribution is -2.68. The van der Waals surface area contributed by atoms with Gasteiger partial charge in [-0.3, -0.25) is 19.2 Å². The van der Waals surface area contributed by atoms with Crippen molar-refractivity contribution in [3.63, 3.8) is 0 Å². The monoisotopic (exact) mass is 588 g/mol. The molecule has 1 heterocycles. The molecule has 5 rings (SSSR count). The molecule has 3 saturated carbocycles. The highest BCUT2D eigenvalue weighted by Crippen LogP contribution is 2.44. The number of nitrogens with one attached hydrogen (secondary N) is 2. The van der Waals surface area contributed by atoms with E-state index in [1.165, 1.54) is 12.1 Å². The molecule has 15 heteroatoms. The maximum Gasteiger partial charge on any atom is 0.408 e. The van der Waals surface area contributed by atoms with Crippen molar-refractivity contribution in [2.75, 3.05) is 13.2 Å². The number of carbonyl (C=O) groups excluding carboxylic acids is 3. The van der Waals surface area contributed by atoms with E-state index in [0.717, 1.165) is 18.3 Å². The topological polar surface area (TPSA) is 129 Å². The lowest BCUT2D eigenvalue weighted by molar-refractivity contribution is -0.143. The maximum atomic E-state index is 13.6. The fraction of sp³-hybridized carbons (Fsp3) is 0.480. The Kier molecular flexibility index (Phi) is 8.49. The van der Waals surface area contributed by atoms with Crippen LogP contribution < -0.4 is 25.7 Å². The summed E-state index contributed by atoms with van der Waals surface area (Å²) in [5, 5.41) is 9.31. The number of amides is 1. The van der Waals surface area contributed by atoms with Gasteiger partial charge in [0.25, 0.3) is 11.5 Å². The van der Waals surface area contributed by atoms with Crippen LogP contribution in [0.5, 0.6) is 11.5 Å². The number of ether oxygens (including phenoxy) is 2. The largest absolute Gasteiger partial charge is 0.484 e. The number of ketones is 1. The summed E-state index contributed by atoms with van der Waals surface area (Å²) in [6.45, 7) is -2.05. The smallest absolute Gasteiger partial charge is 0.408 e. The lowest BCUT2D eigenvalue weighted by atomic mass is 9.60. The van der Waals surface area contributed by atoms with Crippen LogP contribution in [0, 0.1) is 5.82 Å². The second-order valence-corrected chi connectivity index (χ2v) is 10.3. The van der Waals surface area contributed by atoms with Crippen LogP contribution in [0.3, 0.4) is 0 Å². The molecule has 0 aliphatic heterocycles. The van der Waals surface area contributed by atoms with E-state index in [-0.39, 0.29) is 46.6 Å². The van der Waals surface area contributed by atoms with Gasteiger partial charge in [0.2, 0.25) is 0 Å². The van der Waals surface area contributed by atoms with E-state index < -0.39 is 47.2 Å². The molecule has 40 heavy (non-hydrogen) atoms. The highest BCUT2D eigenvalue weighted by atomic mass is 35.5. The van der Waals surface area contributed by atoms with Crippen molar-refractivity contribution in [1.82, 2.24) is 20.4 Å². The van der Waals surface area contributed by atoms with E-state index in [2.05, 4.69) is 15.7 Å². The van der Waals surface area contributed by atoms with Gasteiger partial charge in [0, 0.05) is 30.6 Å². The average Bonchev–Trinajstić information content (AvgIpc) is 2.89. The summed E-state index contributed by atoms with van der Waals surface area (Å²) in [5.41, 5.74) is -2.74. The van der Waals surface area contributed by atoms with Crippen LogP contribution >= 0.6 is 11.6 Å². The number of nitrogens with zero attached hydrogens (tertiary/aromatic N) is 2. The van der Waals surface area contributed by atoms with Gasteiger partial charge in [0.1, 0.15) is 23.9 Å². The Labute approximate surface area is 230 Å². The first-order valence-electron chi connectivity index (χ1n) is 12.3. The normalized spacial score (nSPS) is 23.0. The molecule has 1 aromatic heterocycles. The molecule has 3 aliphatic rings. The molecule has 0 saturated heterocycles. The molecule has 2 aromatic rings. The lowest BCUT2D eigenvalue weighted by Gasteiger charge is -2.52. The first-order chi connectivity index (χ1) is 18.8. The maximum absolute atomic E-state index is 13.6. The Morgan fingerprint density at radius 2 is 1.90 bits per heavy atom. The zero-order valence-electron chi connectivity index (χ0n) is 20.9. The highest BCUT2D eigenvalue weighted by Gasteiger charge is 2.54. The number of rotatable bonds is 11. The minimum atomic E-state index is -4.63. The summed E-state index contributed by atoms with van der Waals surface area (Å²) in [5.74, 6) is -1.37. The molecule has 3 aliphatic carbocycles. The van der Waals surface area contributed by atoms with Gasteiger partial charge < -0.3 is 20.1 Å². The second-order valence-electron chi connectivity index (χ2n) is 9.85. The predicted molar refractivity (Wildman–Crippen MR) is 132 cm³/mol. The number of carbonyl (C=O) groups is 3. The molecule has 10 nitrogen and oxygen atoms in total. The average molecular weight is 589 g/mol. The van der Waals surface area contributed by atoms with Gasteiger partial charge in [-0.15, -0.1) is 0 Å². The van der Waals surface area contributed by atoms with Crippen LogP contribution in [-0.2, 0) is 20.9 Å². The van der Waals surface area contributed by atoms with Gasteiger partial charge >= 0.3 is 6.18 Å². The van der Waals surface area contributed by atoms with E-state index in [9.17, 15) is 36.7 Å². The van der Waals surface area contributed by atoms with Crippen LogP contribution in [0.1, 0.15) is 32.1 Å². The van der Waals surface area contributed by atoms with Crippen LogP contribution in [-0.4, -0.2) is 64.3 Å². The van der Waals surface area contributed by atoms with E-state index >= 15 is 0 Å². The minimum Gasteiger partial charge on any atom is -0.484 e. The van der Waals surface area contributed by atoms with Crippen LogP contribution in [0.4, 0.5) is 17.6 Å². The highest BCUT2D eigenvalue weighted by molar-refractivity contribution is 6.30. The number of fused-ring (bicyclic) bond motifs is 3. The Hall–Kier alpha value is -3.52. The summed E-state index contributed by atoms with van der Waals surface area (Å²) in [6.07, 6.45) is -2.70. The van der Waals surface area contributed by atoms with Crippen LogP contribution in [0.2, 0.25) is 5.02 Å². The van der Waals surface area contributed by atoms with Gasteiger partial charge in [-0.1, -0.05) is 11.6 Å². The number of aldehydes is 1. The van der Waals surface area contributed by atoms with Gasteiger partial charge in [-0.2, -0.15) is 18.3 Å². The molecule has 2 N–H and O–H groups in total. The molecule has 0 radical (unpaired) electrons. The SMILES string of the molecule is O=CC(CNC12CCC(NC(=O)COc3ccc(Cl)c(F)c3)(CC1)CC2=O)Oc1cnn(CC(F)(F)F)c(=O)c1. The third-order valence-corrected chi connectivity index (χ3v) is 7.32. The van der Waals surface area contributed by atoms with Crippen molar-refractivity contribution in [1.29, 1.82) is 0 Å². The quantitative estimate of drug-likeness (QED) is 0.302. The zero-order valence-corrected chi connectivity index (χ0v) is 21.7. The van der Waals surface area contributed by atoms with Gasteiger partial charge in [0.15, 0.2) is 24.8 Å². The molecule has 1 unspecified atom stereocenters.